The van der Waals surface area contributed by atoms with Crippen molar-refractivity contribution in [1.82, 2.24) is 4.57 Å². The van der Waals surface area contributed by atoms with E-state index in [0.29, 0.717) is 12.2 Å². The van der Waals surface area contributed by atoms with E-state index in [2.05, 4.69) is 39.2 Å². The highest BCUT2D eigenvalue weighted by Gasteiger charge is 2.17. The highest BCUT2D eigenvalue weighted by molar-refractivity contribution is 9.10. The molecule has 0 aliphatic rings. The molecule has 0 N–H and O–H groups in total. The van der Waals surface area contributed by atoms with E-state index in [0.717, 1.165) is 27.5 Å². The van der Waals surface area contributed by atoms with E-state index >= 15 is 0 Å². The number of rotatable bonds is 5. The second-order valence-electron chi connectivity index (χ2n) is 5.52. The summed E-state index contributed by atoms with van der Waals surface area (Å²) in [5, 5.41) is 0.985. The van der Waals surface area contributed by atoms with Gasteiger partial charge in [-0.1, -0.05) is 52.8 Å². The molecule has 0 bridgehead atoms. The van der Waals surface area contributed by atoms with Gasteiger partial charge in [0.1, 0.15) is 0 Å². The highest BCUT2D eigenvalue weighted by atomic mass is 79.9. The van der Waals surface area contributed by atoms with Crippen LogP contribution in [0, 0.1) is 0 Å². The van der Waals surface area contributed by atoms with Crippen LogP contribution in [0.15, 0.2) is 65.8 Å². The molecule has 1 aromatic heterocycles. The lowest BCUT2D eigenvalue weighted by Gasteiger charge is -2.05. The Bertz CT molecular complexity index is 897. The number of hydrogen-bond acceptors (Lipinski definition) is 2. The van der Waals surface area contributed by atoms with Crippen molar-refractivity contribution in [3.63, 3.8) is 0 Å². The Kier molecular flexibility index (Phi) is 4.86. The molecule has 24 heavy (non-hydrogen) atoms. The maximum atomic E-state index is 12.1. The van der Waals surface area contributed by atoms with E-state index in [1.54, 1.807) is 6.92 Å². The molecule has 0 aliphatic heterocycles. The second-order valence-corrected chi connectivity index (χ2v) is 6.43. The number of ether oxygens (including phenoxy) is 1. The molecule has 0 fully saturated rings. The molecule has 122 valence electrons. The van der Waals surface area contributed by atoms with Crippen LogP contribution in [0.1, 0.15) is 18.1 Å². The third kappa shape index (κ3) is 3.29. The molecule has 3 rings (SSSR count). The van der Waals surface area contributed by atoms with Gasteiger partial charge in [-0.05, 0) is 30.7 Å². The quantitative estimate of drug-likeness (QED) is 0.457. The standard InChI is InChI=1S/C20H18BrNO2/c1-3-24-20(23)14(2)18-13-22(12-15-7-5-4-6-8-15)19-10-9-16(21)11-17(18)19/h4-11,13H,2-3,12H2,1H3. The van der Waals surface area contributed by atoms with Crippen LogP contribution in [-0.2, 0) is 16.1 Å². The molecule has 0 saturated heterocycles. The Labute approximate surface area is 149 Å². The van der Waals surface area contributed by atoms with Crippen LogP contribution in [0.3, 0.4) is 0 Å². The summed E-state index contributed by atoms with van der Waals surface area (Å²) in [6.07, 6.45) is 1.98. The second kappa shape index (κ2) is 7.05. The Morgan fingerprint density at radius 1 is 1.21 bits per heavy atom. The first kappa shape index (κ1) is 16.5. The molecule has 0 radical (unpaired) electrons. The third-order valence-corrected chi connectivity index (χ3v) is 4.38. The van der Waals surface area contributed by atoms with Gasteiger partial charge in [0.25, 0.3) is 0 Å². The Hall–Kier alpha value is -2.33. The van der Waals surface area contributed by atoms with Gasteiger partial charge < -0.3 is 9.30 Å². The van der Waals surface area contributed by atoms with Gasteiger partial charge in [0.05, 0.1) is 12.2 Å². The first-order chi connectivity index (χ1) is 11.6. The average molecular weight is 384 g/mol. The van der Waals surface area contributed by atoms with Crippen LogP contribution < -0.4 is 0 Å². The third-order valence-electron chi connectivity index (χ3n) is 3.89. The summed E-state index contributed by atoms with van der Waals surface area (Å²) in [6, 6.07) is 16.3. The topological polar surface area (TPSA) is 31.2 Å². The van der Waals surface area contributed by atoms with Gasteiger partial charge in [0.15, 0.2) is 0 Å². The molecular formula is C20H18BrNO2. The average Bonchev–Trinajstić information content (AvgIpc) is 2.93. The SMILES string of the molecule is C=C(C(=O)OCC)c1cn(Cc2ccccc2)c2ccc(Br)cc12. The molecule has 4 heteroatoms. The number of nitrogens with zero attached hydrogens (tertiary/aromatic N) is 1. The summed E-state index contributed by atoms with van der Waals surface area (Å²) in [7, 11) is 0. The van der Waals surface area contributed by atoms with Crippen molar-refractivity contribution in [1.29, 1.82) is 0 Å². The Morgan fingerprint density at radius 2 is 1.96 bits per heavy atom. The predicted molar refractivity (Wildman–Crippen MR) is 101 cm³/mol. The number of halogens is 1. The molecule has 2 aromatic carbocycles. The molecule has 3 aromatic rings. The maximum Gasteiger partial charge on any atom is 0.338 e. The summed E-state index contributed by atoms with van der Waals surface area (Å²) in [4.78, 5) is 12.1. The number of carbonyl (C=O) groups excluding carboxylic acids is 1. The highest BCUT2D eigenvalue weighted by Crippen LogP contribution is 2.30. The molecule has 0 spiro atoms. The van der Waals surface area contributed by atoms with Crippen molar-refractivity contribution in [2.45, 2.75) is 13.5 Å². The normalized spacial score (nSPS) is 10.8. The number of esters is 1. The lowest BCUT2D eigenvalue weighted by atomic mass is 10.1. The number of benzene rings is 2. The smallest absolute Gasteiger partial charge is 0.338 e. The molecule has 0 aliphatic carbocycles. The van der Waals surface area contributed by atoms with Crippen molar-refractivity contribution < 1.29 is 9.53 Å². The van der Waals surface area contributed by atoms with E-state index in [4.69, 9.17) is 4.74 Å². The van der Waals surface area contributed by atoms with Gasteiger partial charge >= 0.3 is 5.97 Å². The zero-order valence-corrected chi connectivity index (χ0v) is 15.0. The number of carbonyl (C=O) groups is 1. The Morgan fingerprint density at radius 3 is 2.67 bits per heavy atom. The van der Waals surface area contributed by atoms with Crippen molar-refractivity contribution in [2.75, 3.05) is 6.61 Å². The monoisotopic (exact) mass is 383 g/mol. The fourth-order valence-electron chi connectivity index (χ4n) is 2.75. The van der Waals surface area contributed by atoms with Crippen molar-refractivity contribution in [3.8, 4) is 0 Å². The summed E-state index contributed by atoms with van der Waals surface area (Å²) in [6.45, 7) is 6.80. The maximum absolute atomic E-state index is 12.1. The van der Waals surface area contributed by atoms with Crippen LogP contribution >= 0.6 is 15.9 Å². The van der Waals surface area contributed by atoms with Gasteiger partial charge in [-0.3, -0.25) is 0 Å². The summed E-state index contributed by atoms with van der Waals surface area (Å²) < 4.78 is 8.20. The van der Waals surface area contributed by atoms with Crippen molar-refractivity contribution in [3.05, 3.63) is 76.9 Å². The molecule has 3 nitrogen and oxygen atoms in total. The van der Waals surface area contributed by atoms with Crippen LogP contribution in [-0.4, -0.2) is 17.1 Å². The zero-order valence-electron chi connectivity index (χ0n) is 13.5. The van der Waals surface area contributed by atoms with Crippen molar-refractivity contribution >= 4 is 38.4 Å². The molecule has 1 heterocycles. The minimum atomic E-state index is -0.378. The molecule has 0 saturated carbocycles. The first-order valence-electron chi connectivity index (χ1n) is 7.79. The molecule has 0 atom stereocenters. The number of hydrogen-bond donors (Lipinski definition) is 0. The van der Waals surface area contributed by atoms with Crippen LogP contribution in [0.5, 0.6) is 0 Å². The zero-order chi connectivity index (χ0) is 17.1. The number of aromatic nitrogens is 1. The fourth-order valence-corrected chi connectivity index (χ4v) is 3.11. The molecular weight excluding hydrogens is 366 g/mol. The largest absolute Gasteiger partial charge is 0.462 e. The van der Waals surface area contributed by atoms with Gasteiger partial charge in [0, 0.05) is 33.7 Å². The van der Waals surface area contributed by atoms with E-state index in [-0.39, 0.29) is 5.97 Å². The van der Waals surface area contributed by atoms with Gasteiger partial charge in [0.2, 0.25) is 0 Å². The minimum Gasteiger partial charge on any atom is -0.462 e. The van der Waals surface area contributed by atoms with E-state index < -0.39 is 0 Å². The van der Waals surface area contributed by atoms with Gasteiger partial charge in [-0.15, -0.1) is 0 Å². The lowest BCUT2D eigenvalue weighted by molar-refractivity contribution is -0.136. The summed E-state index contributed by atoms with van der Waals surface area (Å²) in [5.41, 5.74) is 3.44. The molecule has 0 unspecified atom stereocenters. The number of fused-ring (bicyclic) bond motifs is 1. The van der Waals surface area contributed by atoms with Gasteiger partial charge in [-0.2, -0.15) is 0 Å². The van der Waals surface area contributed by atoms with E-state index in [9.17, 15) is 4.79 Å². The van der Waals surface area contributed by atoms with E-state index in [1.807, 2.05) is 42.6 Å². The predicted octanol–water partition coefficient (Wildman–Crippen LogP) is 5.03. The van der Waals surface area contributed by atoms with Crippen LogP contribution in [0.2, 0.25) is 0 Å². The first-order valence-corrected chi connectivity index (χ1v) is 8.58. The lowest BCUT2D eigenvalue weighted by Crippen LogP contribution is -2.05. The fraction of sp³-hybridized carbons (Fsp3) is 0.150. The Balaban J connectivity index is 2.08. The van der Waals surface area contributed by atoms with Gasteiger partial charge in [-0.25, -0.2) is 4.79 Å². The van der Waals surface area contributed by atoms with Crippen LogP contribution in [0.25, 0.3) is 16.5 Å². The summed E-state index contributed by atoms with van der Waals surface area (Å²) >= 11 is 3.50. The minimum absolute atomic E-state index is 0.338. The van der Waals surface area contributed by atoms with E-state index in [1.165, 1.54) is 5.56 Å². The molecule has 0 amide bonds. The van der Waals surface area contributed by atoms with Crippen LogP contribution in [0.4, 0.5) is 0 Å². The summed E-state index contributed by atoms with van der Waals surface area (Å²) in [5.74, 6) is -0.378. The van der Waals surface area contributed by atoms with Crippen molar-refractivity contribution in [2.24, 2.45) is 0 Å².